The van der Waals surface area contributed by atoms with Gasteiger partial charge in [0.15, 0.2) is 8.32 Å². The van der Waals surface area contributed by atoms with Crippen molar-refractivity contribution in [3.05, 3.63) is 11.6 Å². The minimum Gasteiger partial charge on any atom is -0.416 e. The van der Waals surface area contributed by atoms with Gasteiger partial charge >= 0.3 is 0 Å². The lowest BCUT2D eigenvalue weighted by atomic mass is 9.66. The van der Waals surface area contributed by atoms with E-state index in [1.54, 1.807) is 5.57 Å². The average Bonchev–Trinajstić information content (AvgIpc) is 2.83. The summed E-state index contributed by atoms with van der Waals surface area (Å²) in [6.07, 6.45) is 7.78. The highest BCUT2D eigenvalue weighted by Crippen LogP contribution is 2.55. The van der Waals surface area contributed by atoms with Crippen LogP contribution in [0.15, 0.2) is 11.6 Å². The van der Waals surface area contributed by atoms with Gasteiger partial charge in [-0.2, -0.15) is 0 Å². The molecule has 0 radical (unpaired) electrons. The van der Waals surface area contributed by atoms with Gasteiger partial charge in [0.05, 0.1) is 6.10 Å². The third-order valence-electron chi connectivity index (χ3n) is 7.37. The van der Waals surface area contributed by atoms with E-state index in [9.17, 15) is 0 Å². The quantitative estimate of drug-likeness (QED) is 0.345. The van der Waals surface area contributed by atoms with Crippen molar-refractivity contribution in [3.63, 3.8) is 0 Å². The minimum absolute atomic E-state index is 0.132. The van der Waals surface area contributed by atoms with Crippen LogP contribution in [0.4, 0.5) is 0 Å². The lowest BCUT2D eigenvalue weighted by Crippen LogP contribution is -2.50. The van der Waals surface area contributed by atoms with Crippen LogP contribution in [0.3, 0.4) is 0 Å². The van der Waals surface area contributed by atoms with E-state index < -0.39 is 16.4 Å². The van der Waals surface area contributed by atoms with Crippen molar-refractivity contribution in [2.24, 2.45) is 11.3 Å². The van der Waals surface area contributed by atoms with Crippen LogP contribution in [0.2, 0.25) is 43.8 Å². The standard InChI is InChI=1S/C22H44O2Si2/c1-18-11-10-12-19-13-14-20(23-15-16-25(5,6)7)22(18,19)17-24-26(8,9)21(2,3)4/h12,18,20H,10-11,13-17H2,1-9H3/t18-,20-,22+/m0/s1. The maximum Gasteiger partial charge on any atom is 0.192 e. The van der Waals surface area contributed by atoms with Gasteiger partial charge in [0.25, 0.3) is 0 Å². The van der Waals surface area contributed by atoms with Crippen LogP contribution in [0.1, 0.15) is 53.4 Å². The first-order chi connectivity index (χ1) is 11.8. The van der Waals surface area contributed by atoms with E-state index in [1.165, 1.54) is 31.7 Å². The predicted molar refractivity (Wildman–Crippen MR) is 119 cm³/mol. The van der Waals surface area contributed by atoms with Gasteiger partial charge in [-0.25, -0.2) is 0 Å². The number of rotatable bonds is 7. The first kappa shape index (κ1) is 22.4. The van der Waals surface area contributed by atoms with Gasteiger partial charge in [0.1, 0.15) is 0 Å². The molecule has 0 unspecified atom stereocenters. The summed E-state index contributed by atoms with van der Waals surface area (Å²) in [6, 6.07) is 1.26. The van der Waals surface area contributed by atoms with Gasteiger partial charge in [-0.3, -0.25) is 0 Å². The average molecular weight is 397 g/mol. The topological polar surface area (TPSA) is 18.5 Å². The van der Waals surface area contributed by atoms with Crippen LogP contribution in [0.5, 0.6) is 0 Å². The Morgan fingerprint density at radius 3 is 2.35 bits per heavy atom. The molecule has 0 spiro atoms. The normalized spacial score (nSPS) is 30.3. The third kappa shape index (κ3) is 4.74. The molecule has 0 heterocycles. The van der Waals surface area contributed by atoms with E-state index in [0.717, 1.165) is 13.2 Å². The van der Waals surface area contributed by atoms with Gasteiger partial charge in [0, 0.05) is 26.7 Å². The zero-order valence-corrected chi connectivity index (χ0v) is 21.0. The lowest BCUT2D eigenvalue weighted by molar-refractivity contribution is -0.0548. The molecule has 0 N–H and O–H groups in total. The Labute approximate surface area is 165 Å². The minimum atomic E-state index is -1.75. The smallest absolute Gasteiger partial charge is 0.192 e. The fourth-order valence-corrected chi connectivity index (χ4v) is 6.02. The van der Waals surface area contributed by atoms with E-state index in [4.69, 9.17) is 9.16 Å². The fraction of sp³-hybridized carbons (Fsp3) is 0.909. The van der Waals surface area contributed by atoms with E-state index in [-0.39, 0.29) is 10.5 Å². The Balaban J connectivity index is 2.18. The van der Waals surface area contributed by atoms with E-state index in [2.05, 4.69) is 66.5 Å². The van der Waals surface area contributed by atoms with Crippen LogP contribution in [-0.2, 0) is 9.16 Å². The molecule has 2 aliphatic rings. The van der Waals surface area contributed by atoms with Crippen molar-refractivity contribution in [1.29, 1.82) is 0 Å². The number of hydrogen-bond donors (Lipinski definition) is 0. The lowest BCUT2D eigenvalue weighted by Gasteiger charge is -2.47. The van der Waals surface area contributed by atoms with Crippen LogP contribution in [0, 0.1) is 11.3 Å². The van der Waals surface area contributed by atoms with Crippen molar-refractivity contribution in [1.82, 2.24) is 0 Å². The first-order valence-electron chi connectivity index (χ1n) is 10.7. The maximum atomic E-state index is 6.81. The Kier molecular flexibility index (Phi) is 6.75. The van der Waals surface area contributed by atoms with E-state index in [1.807, 2.05) is 0 Å². The highest BCUT2D eigenvalue weighted by Gasteiger charge is 2.53. The molecule has 1 fully saturated rings. The molecular weight excluding hydrogens is 352 g/mol. The summed E-state index contributed by atoms with van der Waals surface area (Å²) < 4.78 is 13.4. The van der Waals surface area contributed by atoms with Crippen molar-refractivity contribution >= 4 is 16.4 Å². The summed E-state index contributed by atoms with van der Waals surface area (Å²) in [5.74, 6) is 0.659. The summed E-state index contributed by atoms with van der Waals surface area (Å²) in [5.41, 5.74) is 1.78. The molecule has 3 atom stereocenters. The van der Waals surface area contributed by atoms with Gasteiger partial charge in [0.2, 0.25) is 0 Å². The van der Waals surface area contributed by atoms with Crippen LogP contribution in [-0.4, -0.2) is 35.7 Å². The Bertz CT molecular complexity index is 513. The van der Waals surface area contributed by atoms with Crippen LogP contribution < -0.4 is 0 Å². The zero-order chi connectivity index (χ0) is 19.8. The molecule has 0 aromatic carbocycles. The van der Waals surface area contributed by atoms with Gasteiger partial charge in [-0.15, -0.1) is 0 Å². The van der Waals surface area contributed by atoms with Crippen molar-refractivity contribution in [3.8, 4) is 0 Å². The Morgan fingerprint density at radius 2 is 1.77 bits per heavy atom. The molecule has 1 saturated carbocycles. The summed E-state index contributed by atoms with van der Waals surface area (Å²) in [6.45, 7) is 23.4. The summed E-state index contributed by atoms with van der Waals surface area (Å²) in [7, 11) is -2.80. The van der Waals surface area contributed by atoms with Gasteiger partial charge in [-0.1, -0.05) is 59.0 Å². The van der Waals surface area contributed by atoms with Crippen LogP contribution in [0.25, 0.3) is 0 Å². The SMILES string of the molecule is C[C@H]1CCC=C2CC[C@H](OCC[Si](C)(C)C)[C@@]21CO[Si](C)(C)C(C)(C)C. The second-order valence-corrected chi connectivity index (χ2v) is 21.9. The number of fused-ring (bicyclic) bond motifs is 1. The highest BCUT2D eigenvalue weighted by molar-refractivity contribution is 6.76. The second-order valence-electron chi connectivity index (χ2n) is 11.5. The van der Waals surface area contributed by atoms with Gasteiger partial charge < -0.3 is 9.16 Å². The number of hydrogen-bond acceptors (Lipinski definition) is 2. The van der Waals surface area contributed by atoms with Crippen LogP contribution >= 0.6 is 0 Å². The Morgan fingerprint density at radius 1 is 1.12 bits per heavy atom. The highest BCUT2D eigenvalue weighted by atomic mass is 28.4. The summed E-state index contributed by atoms with van der Waals surface area (Å²) in [4.78, 5) is 0. The summed E-state index contributed by atoms with van der Waals surface area (Å²) in [5, 5.41) is 0.262. The number of allylic oxidation sites excluding steroid dienone is 1. The molecule has 2 nitrogen and oxygen atoms in total. The molecule has 2 aliphatic carbocycles. The molecule has 152 valence electrons. The van der Waals surface area contributed by atoms with Gasteiger partial charge in [-0.05, 0) is 55.8 Å². The molecule has 4 heteroatoms. The molecule has 0 amide bonds. The summed E-state index contributed by atoms with van der Waals surface area (Å²) >= 11 is 0. The fourth-order valence-electron chi connectivity index (χ4n) is 4.26. The van der Waals surface area contributed by atoms with Crippen molar-refractivity contribution < 1.29 is 9.16 Å². The number of ether oxygens (including phenoxy) is 1. The first-order valence-corrected chi connectivity index (χ1v) is 17.4. The molecular formula is C22H44O2Si2. The maximum absolute atomic E-state index is 6.81. The molecule has 26 heavy (non-hydrogen) atoms. The molecule has 0 aliphatic heterocycles. The van der Waals surface area contributed by atoms with Crippen molar-refractivity contribution in [2.45, 2.75) is 103 Å². The van der Waals surface area contributed by atoms with Crippen molar-refractivity contribution in [2.75, 3.05) is 13.2 Å². The largest absolute Gasteiger partial charge is 0.416 e. The third-order valence-corrected chi connectivity index (χ3v) is 13.5. The molecule has 0 saturated heterocycles. The predicted octanol–water partition coefficient (Wildman–Crippen LogP) is 6.87. The van der Waals surface area contributed by atoms with E-state index >= 15 is 0 Å². The molecule has 0 aromatic rings. The second kappa shape index (κ2) is 7.84. The molecule has 0 aromatic heterocycles. The zero-order valence-electron chi connectivity index (χ0n) is 19.0. The monoisotopic (exact) mass is 396 g/mol. The Hall–Kier alpha value is 0.0938. The molecule has 2 rings (SSSR count). The molecule has 0 bridgehead atoms. The van der Waals surface area contributed by atoms with E-state index in [0.29, 0.717) is 12.0 Å².